The average Bonchev–Trinajstić information content (AvgIpc) is 2.16. The molecular weight excluding hydrogens is 194 g/mol. The van der Waals surface area contributed by atoms with Crippen molar-refractivity contribution in [3.8, 4) is 6.07 Å². The molecule has 1 heteroatoms. The quantitative estimate of drug-likeness (QED) is 0.380. The Morgan fingerprint density at radius 1 is 1.56 bits per heavy atom. The van der Waals surface area contributed by atoms with Crippen molar-refractivity contribution in [3.63, 3.8) is 0 Å². The molecule has 0 heterocycles. The van der Waals surface area contributed by atoms with Gasteiger partial charge in [0, 0.05) is 12.0 Å². The molecule has 0 aliphatic heterocycles. The smallest absolute Gasteiger partial charge is 0.0914 e. The van der Waals surface area contributed by atoms with Gasteiger partial charge < -0.3 is 0 Å². The van der Waals surface area contributed by atoms with Crippen LogP contribution in [0.15, 0.2) is 35.5 Å². The van der Waals surface area contributed by atoms with Crippen molar-refractivity contribution >= 4 is 0 Å². The first-order chi connectivity index (χ1) is 7.47. The van der Waals surface area contributed by atoms with Crippen molar-refractivity contribution in [2.75, 3.05) is 0 Å². The Morgan fingerprint density at radius 3 is 2.81 bits per heavy atom. The molecule has 0 aromatic carbocycles. The lowest BCUT2D eigenvalue weighted by Crippen LogP contribution is -2.26. The van der Waals surface area contributed by atoms with Crippen LogP contribution in [0, 0.1) is 22.7 Å². The highest BCUT2D eigenvalue weighted by atomic mass is 14.3. The van der Waals surface area contributed by atoms with Crippen LogP contribution >= 0.6 is 0 Å². The predicted molar refractivity (Wildman–Crippen MR) is 68.8 cm³/mol. The van der Waals surface area contributed by atoms with E-state index in [0.29, 0.717) is 11.3 Å². The van der Waals surface area contributed by atoms with E-state index in [1.54, 1.807) is 6.08 Å². The van der Waals surface area contributed by atoms with Crippen molar-refractivity contribution in [3.05, 3.63) is 35.5 Å². The van der Waals surface area contributed by atoms with E-state index in [1.807, 2.05) is 6.92 Å². The van der Waals surface area contributed by atoms with E-state index >= 15 is 0 Å². The molecule has 0 aromatic rings. The molecule has 86 valence electrons. The van der Waals surface area contributed by atoms with Gasteiger partial charge in [0.1, 0.15) is 0 Å². The molecule has 0 spiro atoms. The summed E-state index contributed by atoms with van der Waals surface area (Å²) in [6, 6.07) is 2.06. The summed E-state index contributed by atoms with van der Waals surface area (Å²) in [5, 5.41) is 8.56. The summed E-state index contributed by atoms with van der Waals surface area (Å²) >= 11 is 0. The van der Waals surface area contributed by atoms with Gasteiger partial charge in [0.2, 0.25) is 0 Å². The zero-order chi connectivity index (χ0) is 12.2. The lowest BCUT2D eigenvalue weighted by molar-refractivity contribution is 0.255. The van der Waals surface area contributed by atoms with Crippen molar-refractivity contribution < 1.29 is 0 Å². The molecule has 0 N–H and O–H groups in total. The number of rotatable bonds is 2. The van der Waals surface area contributed by atoms with Crippen LogP contribution < -0.4 is 0 Å². The Balaban J connectivity index is 2.86. The Hall–Kier alpha value is -1.29. The maximum absolute atomic E-state index is 8.56. The number of nitrogens with zero attached hydrogens (tertiary/aromatic N) is 1. The zero-order valence-electron chi connectivity index (χ0n) is 10.7. The topological polar surface area (TPSA) is 23.8 Å². The minimum atomic E-state index is 0.336. The normalized spacial score (nSPS) is 25.3. The Labute approximate surface area is 99.2 Å². The third-order valence-electron chi connectivity index (χ3n) is 3.43. The largest absolute Gasteiger partial charge is 0.193 e. The van der Waals surface area contributed by atoms with Crippen LogP contribution in [0.1, 0.15) is 40.5 Å². The first kappa shape index (κ1) is 12.8. The summed E-state index contributed by atoms with van der Waals surface area (Å²) < 4.78 is 0. The lowest BCUT2D eigenvalue weighted by atomic mass is 9.68. The van der Waals surface area contributed by atoms with Gasteiger partial charge in [0.05, 0.1) is 6.07 Å². The van der Waals surface area contributed by atoms with Crippen LogP contribution in [0.4, 0.5) is 0 Å². The first-order valence-electron chi connectivity index (χ1n) is 5.88. The van der Waals surface area contributed by atoms with E-state index in [0.717, 1.165) is 5.57 Å². The molecule has 0 amide bonds. The van der Waals surface area contributed by atoms with E-state index in [4.69, 9.17) is 5.26 Å². The van der Waals surface area contributed by atoms with E-state index < -0.39 is 0 Å². The van der Waals surface area contributed by atoms with E-state index in [-0.39, 0.29) is 0 Å². The van der Waals surface area contributed by atoms with E-state index in [1.165, 1.54) is 18.4 Å². The van der Waals surface area contributed by atoms with Crippen molar-refractivity contribution in [2.24, 2.45) is 11.3 Å². The standard InChI is InChI=1S/C15H21N/c1-12(9-11-16)7-8-14-13(2)6-5-10-15(14,3)4/h6-9,14H,5,10H2,1-4H3. The molecule has 1 atom stereocenters. The summed E-state index contributed by atoms with van der Waals surface area (Å²) in [5.41, 5.74) is 2.82. The SMILES string of the molecule is CC(C=CC1C(C)=CCCC1(C)C)=CC#N. The number of nitriles is 1. The van der Waals surface area contributed by atoms with Crippen LogP contribution in [0.2, 0.25) is 0 Å². The van der Waals surface area contributed by atoms with E-state index in [2.05, 4.69) is 45.1 Å². The maximum Gasteiger partial charge on any atom is 0.0914 e. The molecule has 0 aromatic heterocycles. The zero-order valence-corrected chi connectivity index (χ0v) is 10.7. The highest BCUT2D eigenvalue weighted by Gasteiger charge is 2.30. The second kappa shape index (κ2) is 5.16. The predicted octanol–water partition coefficient (Wildman–Crippen LogP) is 4.39. The van der Waals surface area contributed by atoms with Gasteiger partial charge in [0.15, 0.2) is 0 Å². The number of allylic oxidation sites excluding steroid dienone is 6. The molecule has 0 fully saturated rings. The number of hydrogen-bond acceptors (Lipinski definition) is 1. The van der Waals surface area contributed by atoms with Crippen molar-refractivity contribution in [2.45, 2.75) is 40.5 Å². The van der Waals surface area contributed by atoms with Crippen LogP contribution in [0.3, 0.4) is 0 Å². The summed E-state index contributed by atoms with van der Waals surface area (Å²) in [6.07, 6.45) is 10.7. The molecule has 1 unspecified atom stereocenters. The van der Waals surface area contributed by atoms with Crippen LogP contribution in [0.5, 0.6) is 0 Å². The summed E-state index contributed by atoms with van der Waals surface area (Å²) in [4.78, 5) is 0. The first-order valence-corrected chi connectivity index (χ1v) is 5.88. The highest BCUT2D eigenvalue weighted by Crippen LogP contribution is 2.41. The minimum Gasteiger partial charge on any atom is -0.193 e. The molecule has 1 rings (SSSR count). The van der Waals surface area contributed by atoms with Crippen LogP contribution in [-0.2, 0) is 0 Å². The van der Waals surface area contributed by atoms with Crippen LogP contribution in [0.25, 0.3) is 0 Å². The lowest BCUT2D eigenvalue weighted by Gasteiger charge is -2.36. The summed E-state index contributed by atoms with van der Waals surface area (Å²) in [5.74, 6) is 0.503. The summed E-state index contributed by atoms with van der Waals surface area (Å²) in [6.45, 7) is 8.82. The van der Waals surface area contributed by atoms with Crippen molar-refractivity contribution in [1.82, 2.24) is 0 Å². The molecule has 16 heavy (non-hydrogen) atoms. The molecule has 0 bridgehead atoms. The Bertz CT molecular complexity index is 375. The van der Waals surface area contributed by atoms with E-state index in [9.17, 15) is 0 Å². The van der Waals surface area contributed by atoms with Gasteiger partial charge in [-0.3, -0.25) is 0 Å². The molecule has 0 saturated heterocycles. The minimum absolute atomic E-state index is 0.336. The molecule has 1 nitrogen and oxygen atoms in total. The Kier molecular flexibility index (Phi) is 4.12. The third kappa shape index (κ3) is 3.10. The monoisotopic (exact) mass is 215 g/mol. The fourth-order valence-electron chi connectivity index (χ4n) is 2.38. The third-order valence-corrected chi connectivity index (χ3v) is 3.43. The molecule has 1 aliphatic carbocycles. The van der Waals surface area contributed by atoms with Gasteiger partial charge in [-0.1, -0.05) is 37.6 Å². The van der Waals surface area contributed by atoms with Gasteiger partial charge >= 0.3 is 0 Å². The summed E-state index contributed by atoms with van der Waals surface area (Å²) in [7, 11) is 0. The van der Waals surface area contributed by atoms with Crippen LogP contribution in [-0.4, -0.2) is 0 Å². The molecule has 0 saturated carbocycles. The average molecular weight is 215 g/mol. The second-order valence-corrected chi connectivity index (χ2v) is 5.33. The Morgan fingerprint density at radius 2 is 2.25 bits per heavy atom. The molecule has 1 aliphatic rings. The highest BCUT2D eigenvalue weighted by molar-refractivity contribution is 5.27. The molecule has 0 radical (unpaired) electrons. The second-order valence-electron chi connectivity index (χ2n) is 5.33. The molecular formula is C15H21N. The van der Waals surface area contributed by atoms with Crippen molar-refractivity contribution in [1.29, 1.82) is 5.26 Å². The number of hydrogen-bond donors (Lipinski definition) is 0. The fourth-order valence-corrected chi connectivity index (χ4v) is 2.38. The van der Waals surface area contributed by atoms with Gasteiger partial charge in [-0.2, -0.15) is 5.26 Å². The van der Waals surface area contributed by atoms with Gasteiger partial charge in [-0.25, -0.2) is 0 Å². The van der Waals surface area contributed by atoms with Gasteiger partial charge in [-0.05, 0) is 37.7 Å². The fraction of sp³-hybridized carbons (Fsp3) is 0.533. The van der Waals surface area contributed by atoms with Gasteiger partial charge in [0.25, 0.3) is 0 Å². The maximum atomic E-state index is 8.56. The van der Waals surface area contributed by atoms with Gasteiger partial charge in [-0.15, -0.1) is 0 Å².